The van der Waals surface area contributed by atoms with Crippen LogP contribution in [0.2, 0.25) is 0 Å². The van der Waals surface area contributed by atoms with Crippen molar-refractivity contribution in [2.45, 2.75) is 85.0 Å². The van der Waals surface area contributed by atoms with Crippen LogP contribution >= 0.6 is 0 Å². The van der Waals surface area contributed by atoms with Gasteiger partial charge in [0.05, 0.1) is 26.5 Å². The molecule has 1 N–H and O–H groups in total. The third kappa shape index (κ3) is 8.22. The SMILES string of the molecule is CCCCCCCCCOc1cc(NC(=O)c2nnn(-c3cc(OC)ccc3OC)c2C)cc(C(C)(C)C)c1. The standard InChI is InChI=1S/C31H44N4O4/c1-8-9-10-11-12-13-14-17-39-26-19-23(31(3,4)5)18-24(20-26)32-30(36)29-22(2)35(34-33-29)27-21-25(37-6)15-16-28(27)38-7/h15-16,18-21H,8-14,17H2,1-7H3,(H,32,36). The lowest BCUT2D eigenvalue weighted by Gasteiger charge is -2.21. The van der Waals surface area contributed by atoms with Gasteiger partial charge < -0.3 is 19.5 Å². The van der Waals surface area contributed by atoms with Gasteiger partial charge in [0.1, 0.15) is 22.9 Å². The maximum atomic E-state index is 13.3. The Kier molecular flexibility index (Phi) is 10.8. The van der Waals surface area contributed by atoms with Gasteiger partial charge in [0.25, 0.3) is 5.91 Å². The molecule has 0 aliphatic carbocycles. The van der Waals surface area contributed by atoms with E-state index in [0.717, 1.165) is 17.7 Å². The van der Waals surface area contributed by atoms with Crippen LogP contribution in [0.25, 0.3) is 5.69 Å². The minimum absolute atomic E-state index is 0.111. The Balaban J connectivity index is 1.75. The molecule has 2 aromatic carbocycles. The fraction of sp³-hybridized carbons (Fsp3) is 0.516. The number of nitrogens with one attached hydrogen (secondary N) is 1. The highest BCUT2D eigenvalue weighted by atomic mass is 16.5. The quantitative estimate of drug-likeness (QED) is 0.218. The van der Waals surface area contributed by atoms with E-state index in [0.29, 0.717) is 35.2 Å². The van der Waals surface area contributed by atoms with Gasteiger partial charge in [-0.1, -0.05) is 71.4 Å². The summed E-state index contributed by atoms with van der Waals surface area (Å²) in [6, 6.07) is 11.3. The Labute approximate surface area is 233 Å². The van der Waals surface area contributed by atoms with Crippen molar-refractivity contribution in [1.29, 1.82) is 0 Å². The highest BCUT2D eigenvalue weighted by Crippen LogP contribution is 2.31. The number of nitrogens with zero attached hydrogens (tertiary/aromatic N) is 3. The predicted molar refractivity (Wildman–Crippen MR) is 156 cm³/mol. The average molecular weight is 537 g/mol. The maximum Gasteiger partial charge on any atom is 0.278 e. The molecule has 0 atom stereocenters. The van der Waals surface area contributed by atoms with Crippen LogP contribution in [0.1, 0.15) is 94.4 Å². The number of carbonyl (C=O) groups excluding carboxylic acids is 1. The van der Waals surface area contributed by atoms with E-state index in [1.165, 1.54) is 38.5 Å². The normalized spacial score (nSPS) is 11.4. The van der Waals surface area contributed by atoms with E-state index in [-0.39, 0.29) is 17.0 Å². The zero-order chi connectivity index (χ0) is 28.4. The summed E-state index contributed by atoms with van der Waals surface area (Å²) in [6.45, 7) is 11.1. The minimum Gasteiger partial charge on any atom is -0.497 e. The number of anilines is 1. The number of hydrogen-bond acceptors (Lipinski definition) is 6. The van der Waals surface area contributed by atoms with E-state index >= 15 is 0 Å². The lowest BCUT2D eigenvalue weighted by atomic mass is 9.86. The number of rotatable bonds is 14. The molecule has 0 spiro atoms. The molecule has 8 heteroatoms. The van der Waals surface area contributed by atoms with Gasteiger partial charge in [-0.2, -0.15) is 0 Å². The first-order chi connectivity index (χ1) is 18.7. The zero-order valence-electron chi connectivity index (χ0n) is 24.6. The molecule has 0 bridgehead atoms. The molecule has 1 aromatic heterocycles. The van der Waals surface area contributed by atoms with E-state index < -0.39 is 0 Å². The van der Waals surface area contributed by atoms with Crippen LogP contribution in [0.4, 0.5) is 5.69 Å². The van der Waals surface area contributed by atoms with Crippen molar-refractivity contribution >= 4 is 11.6 Å². The molecule has 0 unspecified atom stereocenters. The second-order valence-electron chi connectivity index (χ2n) is 10.9. The van der Waals surface area contributed by atoms with Crippen LogP contribution in [0.3, 0.4) is 0 Å². The van der Waals surface area contributed by atoms with E-state index in [1.807, 2.05) is 12.1 Å². The second kappa shape index (κ2) is 14.0. The number of amides is 1. The Morgan fingerprint density at radius 2 is 1.64 bits per heavy atom. The summed E-state index contributed by atoms with van der Waals surface area (Å²) in [5, 5.41) is 11.4. The van der Waals surface area contributed by atoms with Crippen LogP contribution in [0.15, 0.2) is 36.4 Å². The molecule has 212 valence electrons. The second-order valence-corrected chi connectivity index (χ2v) is 10.9. The number of aromatic nitrogens is 3. The first-order valence-electron chi connectivity index (χ1n) is 13.9. The number of ether oxygens (including phenoxy) is 3. The van der Waals surface area contributed by atoms with Gasteiger partial charge in [-0.3, -0.25) is 4.79 Å². The Morgan fingerprint density at radius 1 is 0.923 bits per heavy atom. The van der Waals surface area contributed by atoms with Crippen molar-refractivity contribution in [2.75, 3.05) is 26.1 Å². The molecular weight excluding hydrogens is 492 g/mol. The number of unbranched alkanes of at least 4 members (excludes halogenated alkanes) is 6. The summed E-state index contributed by atoms with van der Waals surface area (Å²) >= 11 is 0. The van der Waals surface area contributed by atoms with E-state index in [4.69, 9.17) is 14.2 Å². The van der Waals surface area contributed by atoms with Crippen molar-refractivity contribution in [3.63, 3.8) is 0 Å². The molecule has 1 amide bonds. The highest BCUT2D eigenvalue weighted by molar-refractivity contribution is 6.03. The largest absolute Gasteiger partial charge is 0.497 e. The topological polar surface area (TPSA) is 87.5 Å². The number of hydrogen-bond donors (Lipinski definition) is 1. The number of benzene rings is 2. The summed E-state index contributed by atoms with van der Waals surface area (Å²) in [5.74, 6) is 1.65. The lowest BCUT2D eigenvalue weighted by molar-refractivity contribution is 0.102. The monoisotopic (exact) mass is 536 g/mol. The van der Waals surface area contributed by atoms with Gasteiger partial charge in [0, 0.05) is 17.8 Å². The Morgan fingerprint density at radius 3 is 2.31 bits per heavy atom. The van der Waals surface area contributed by atoms with E-state index in [9.17, 15) is 4.79 Å². The molecule has 0 radical (unpaired) electrons. The van der Waals surface area contributed by atoms with Crippen LogP contribution in [0, 0.1) is 6.92 Å². The van der Waals surface area contributed by atoms with Gasteiger partial charge in [0.2, 0.25) is 0 Å². The molecular formula is C31H44N4O4. The van der Waals surface area contributed by atoms with Crippen molar-refractivity contribution < 1.29 is 19.0 Å². The molecule has 8 nitrogen and oxygen atoms in total. The zero-order valence-corrected chi connectivity index (χ0v) is 24.6. The van der Waals surface area contributed by atoms with Crippen molar-refractivity contribution in [2.24, 2.45) is 0 Å². The summed E-state index contributed by atoms with van der Waals surface area (Å²) in [6.07, 6.45) is 8.61. The third-order valence-corrected chi connectivity index (χ3v) is 6.77. The molecule has 0 aliphatic rings. The molecule has 3 rings (SSSR count). The Hall–Kier alpha value is -3.55. The summed E-state index contributed by atoms with van der Waals surface area (Å²) < 4.78 is 18.5. The molecule has 1 heterocycles. The maximum absolute atomic E-state index is 13.3. The third-order valence-electron chi connectivity index (χ3n) is 6.77. The predicted octanol–water partition coefficient (Wildman–Crippen LogP) is 7.27. The fourth-order valence-corrected chi connectivity index (χ4v) is 4.36. The molecule has 0 fully saturated rings. The number of carbonyl (C=O) groups is 1. The summed E-state index contributed by atoms with van der Waals surface area (Å²) in [7, 11) is 3.18. The summed E-state index contributed by atoms with van der Waals surface area (Å²) in [5.41, 5.74) is 3.08. The van der Waals surface area contributed by atoms with Gasteiger partial charge in [-0.05, 0) is 48.6 Å². The van der Waals surface area contributed by atoms with E-state index in [2.05, 4.69) is 49.4 Å². The highest BCUT2D eigenvalue weighted by Gasteiger charge is 2.22. The minimum atomic E-state index is -0.343. The van der Waals surface area contributed by atoms with Crippen LogP contribution in [-0.2, 0) is 5.41 Å². The average Bonchev–Trinajstić information content (AvgIpc) is 3.30. The van der Waals surface area contributed by atoms with Crippen LogP contribution < -0.4 is 19.5 Å². The summed E-state index contributed by atoms with van der Waals surface area (Å²) in [4.78, 5) is 13.3. The Bertz CT molecular complexity index is 1230. The molecule has 0 aliphatic heterocycles. The van der Waals surface area contributed by atoms with Crippen molar-refractivity contribution in [1.82, 2.24) is 15.0 Å². The fourth-order valence-electron chi connectivity index (χ4n) is 4.36. The van der Waals surface area contributed by atoms with E-state index in [1.54, 1.807) is 44.0 Å². The van der Waals surface area contributed by atoms with Crippen molar-refractivity contribution in [3.05, 3.63) is 53.3 Å². The van der Waals surface area contributed by atoms with Gasteiger partial charge in [-0.25, -0.2) is 4.68 Å². The molecule has 39 heavy (non-hydrogen) atoms. The van der Waals surface area contributed by atoms with Crippen LogP contribution in [-0.4, -0.2) is 41.7 Å². The van der Waals surface area contributed by atoms with Crippen molar-refractivity contribution in [3.8, 4) is 22.9 Å². The lowest BCUT2D eigenvalue weighted by Crippen LogP contribution is -2.16. The van der Waals surface area contributed by atoms with Gasteiger partial charge in [-0.15, -0.1) is 5.10 Å². The van der Waals surface area contributed by atoms with Gasteiger partial charge >= 0.3 is 0 Å². The first-order valence-corrected chi connectivity index (χ1v) is 13.9. The molecule has 3 aromatic rings. The molecule has 0 saturated heterocycles. The smallest absolute Gasteiger partial charge is 0.278 e. The van der Waals surface area contributed by atoms with Gasteiger partial charge in [0.15, 0.2) is 5.69 Å². The number of methoxy groups -OCH3 is 2. The van der Waals surface area contributed by atoms with Crippen LogP contribution in [0.5, 0.6) is 17.2 Å². The first kappa shape index (κ1) is 30.0. The molecule has 0 saturated carbocycles.